The van der Waals surface area contributed by atoms with Crippen molar-refractivity contribution in [2.24, 2.45) is 0 Å². The van der Waals surface area contributed by atoms with Crippen molar-refractivity contribution < 1.29 is 13.2 Å². The van der Waals surface area contributed by atoms with Gasteiger partial charge in [-0.3, -0.25) is 9.78 Å². The molecule has 0 bridgehead atoms. The summed E-state index contributed by atoms with van der Waals surface area (Å²) in [5, 5.41) is 7.74. The highest BCUT2D eigenvalue weighted by Gasteiger charge is 2.33. The highest BCUT2D eigenvalue weighted by molar-refractivity contribution is 7.89. The van der Waals surface area contributed by atoms with Gasteiger partial charge in [-0.1, -0.05) is 48.6 Å². The Morgan fingerprint density at radius 1 is 1.06 bits per heavy atom. The highest BCUT2D eigenvalue weighted by atomic mass is 35.5. The molecule has 0 saturated heterocycles. The van der Waals surface area contributed by atoms with Crippen molar-refractivity contribution in [1.82, 2.24) is 14.6 Å². The van der Waals surface area contributed by atoms with E-state index in [1.54, 1.807) is 36.5 Å². The summed E-state index contributed by atoms with van der Waals surface area (Å²) in [6, 6.07) is 14.0. The Bertz CT molecular complexity index is 1280. The number of amides is 1. The molecule has 1 heterocycles. The Balaban J connectivity index is 1.39. The van der Waals surface area contributed by atoms with E-state index in [4.69, 9.17) is 11.6 Å². The van der Waals surface area contributed by atoms with Gasteiger partial charge in [-0.2, -0.15) is 4.31 Å². The number of nitrogens with zero attached hydrogens (tertiary/aromatic N) is 2. The minimum atomic E-state index is -3.77. The fourth-order valence-electron chi connectivity index (χ4n) is 4.50. The first-order valence-electron chi connectivity index (χ1n) is 12.0. The average molecular weight is 515 g/mol. The summed E-state index contributed by atoms with van der Waals surface area (Å²) in [5.74, 6) is -0.306. The number of aryl methyl sites for hydroxylation is 1. The molecule has 2 N–H and O–H groups in total. The second kappa shape index (κ2) is 11.4. The lowest BCUT2D eigenvalue weighted by Crippen LogP contribution is -2.47. The first-order valence-corrected chi connectivity index (χ1v) is 13.8. The first-order chi connectivity index (χ1) is 16.8. The van der Waals surface area contributed by atoms with Gasteiger partial charge >= 0.3 is 0 Å². The molecule has 2 aromatic carbocycles. The van der Waals surface area contributed by atoms with Crippen molar-refractivity contribution in [3.8, 4) is 0 Å². The smallest absolute Gasteiger partial charge is 0.243 e. The number of hydrogen-bond acceptors (Lipinski definition) is 5. The molecule has 4 rings (SSSR count). The summed E-state index contributed by atoms with van der Waals surface area (Å²) < 4.78 is 28.3. The second-order valence-electron chi connectivity index (χ2n) is 8.95. The van der Waals surface area contributed by atoms with Crippen LogP contribution in [0.3, 0.4) is 0 Å². The lowest BCUT2D eigenvalue weighted by Gasteiger charge is -2.33. The van der Waals surface area contributed by atoms with Crippen molar-refractivity contribution in [2.75, 3.05) is 25.0 Å². The third-order valence-corrected chi connectivity index (χ3v) is 8.52. The van der Waals surface area contributed by atoms with Crippen molar-refractivity contribution in [2.45, 2.75) is 50.0 Å². The van der Waals surface area contributed by atoms with Crippen LogP contribution in [0.4, 0.5) is 5.69 Å². The molecule has 7 nitrogen and oxygen atoms in total. The Morgan fingerprint density at radius 3 is 2.54 bits per heavy atom. The number of aromatic nitrogens is 1. The van der Waals surface area contributed by atoms with Crippen LogP contribution < -0.4 is 10.6 Å². The van der Waals surface area contributed by atoms with E-state index in [1.807, 2.05) is 25.1 Å². The summed E-state index contributed by atoms with van der Waals surface area (Å²) in [7, 11) is -3.77. The molecule has 3 aromatic rings. The molecule has 35 heavy (non-hydrogen) atoms. The molecule has 9 heteroatoms. The van der Waals surface area contributed by atoms with Crippen LogP contribution in [0, 0.1) is 6.92 Å². The van der Waals surface area contributed by atoms with Crippen LogP contribution in [-0.4, -0.2) is 49.3 Å². The number of halogens is 1. The summed E-state index contributed by atoms with van der Waals surface area (Å²) in [6.45, 7) is 2.58. The second-order valence-corrected chi connectivity index (χ2v) is 11.3. The predicted molar refractivity (Wildman–Crippen MR) is 140 cm³/mol. The zero-order chi connectivity index (χ0) is 24.8. The molecule has 186 valence electrons. The standard InChI is InChI=1S/C26H31ClN4O3S/c1-19-7-10-22(11-8-19)35(33,34)31(21-5-3-2-4-6-21)18-26(32)30-16-15-29-24-13-14-28-25-17-20(27)9-12-23(24)25/h7-14,17,21H,2-6,15-16,18H2,1H3,(H,28,29)(H,30,32). The topological polar surface area (TPSA) is 91.4 Å². The van der Waals surface area contributed by atoms with Crippen molar-refractivity contribution in [3.05, 3.63) is 65.3 Å². The van der Waals surface area contributed by atoms with E-state index in [0.717, 1.165) is 54.3 Å². The fourth-order valence-corrected chi connectivity index (χ4v) is 6.30. The van der Waals surface area contributed by atoms with Gasteiger partial charge in [0.05, 0.1) is 17.0 Å². The molecular formula is C26H31ClN4O3S. The summed E-state index contributed by atoms with van der Waals surface area (Å²) >= 11 is 6.05. The van der Waals surface area contributed by atoms with Crippen LogP contribution in [0.1, 0.15) is 37.7 Å². The molecule has 0 aliphatic heterocycles. The highest BCUT2D eigenvalue weighted by Crippen LogP contribution is 2.28. The molecule has 0 atom stereocenters. The summed E-state index contributed by atoms with van der Waals surface area (Å²) in [6.07, 6.45) is 6.31. The molecule has 1 aliphatic rings. The Hall–Kier alpha value is -2.68. The minimum Gasteiger partial charge on any atom is -0.383 e. The van der Waals surface area contributed by atoms with Crippen LogP contribution in [0.5, 0.6) is 0 Å². The lowest BCUT2D eigenvalue weighted by atomic mass is 9.95. The van der Waals surface area contributed by atoms with Crippen LogP contribution in [0.2, 0.25) is 5.02 Å². The van der Waals surface area contributed by atoms with Gasteiger partial charge in [-0.05, 0) is 56.2 Å². The van der Waals surface area contributed by atoms with E-state index in [9.17, 15) is 13.2 Å². The number of hydrogen-bond donors (Lipinski definition) is 2. The minimum absolute atomic E-state index is 0.158. The Morgan fingerprint density at radius 2 is 1.80 bits per heavy atom. The average Bonchev–Trinajstić information content (AvgIpc) is 2.85. The third kappa shape index (κ3) is 6.31. The van der Waals surface area contributed by atoms with Crippen LogP contribution >= 0.6 is 11.6 Å². The maximum atomic E-state index is 13.5. The first kappa shape index (κ1) is 25.4. The van der Waals surface area contributed by atoms with E-state index in [2.05, 4.69) is 15.6 Å². The summed E-state index contributed by atoms with van der Waals surface area (Å²) in [4.78, 5) is 17.4. The number of carbonyl (C=O) groups excluding carboxylic acids is 1. The van der Waals surface area contributed by atoms with E-state index in [-0.39, 0.29) is 23.4 Å². The van der Waals surface area contributed by atoms with Crippen molar-refractivity contribution >= 4 is 44.1 Å². The van der Waals surface area contributed by atoms with Gasteiger partial charge < -0.3 is 10.6 Å². The molecule has 1 amide bonds. The molecule has 0 radical (unpaired) electrons. The fraction of sp³-hybridized carbons (Fsp3) is 0.385. The monoisotopic (exact) mass is 514 g/mol. The zero-order valence-corrected chi connectivity index (χ0v) is 21.4. The van der Waals surface area contributed by atoms with Crippen LogP contribution in [0.25, 0.3) is 10.9 Å². The van der Waals surface area contributed by atoms with Gasteiger partial charge in [0.1, 0.15) is 0 Å². The summed E-state index contributed by atoms with van der Waals surface area (Å²) in [5.41, 5.74) is 2.67. The van der Waals surface area contributed by atoms with Gasteiger partial charge in [-0.15, -0.1) is 0 Å². The third-order valence-electron chi connectivity index (χ3n) is 6.38. The predicted octanol–water partition coefficient (Wildman–Crippen LogP) is 4.75. The number of benzene rings is 2. The quantitative estimate of drug-likeness (QED) is 0.402. The molecule has 0 unspecified atom stereocenters. The van der Waals surface area contributed by atoms with E-state index >= 15 is 0 Å². The van der Waals surface area contributed by atoms with E-state index in [0.29, 0.717) is 18.1 Å². The largest absolute Gasteiger partial charge is 0.383 e. The van der Waals surface area contributed by atoms with Gasteiger partial charge in [0, 0.05) is 41.4 Å². The molecular weight excluding hydrogens is 484 g/mol. The molecule has 1 saturated carbocycles. The van der Waals surface area contributed by atoms with Crippen molar-refractivity contribution in [3.63, 3.8) is 0 Å². The van der Waals surface area contributed by atoms with Crippen molar-refractivity contribution in [1.29, 1.82) is 0 Å². The maximum absolute atomic E-state index is 13.5. The van der Waals surface area contributed by atoms with Gasteiger partial charge in [0.2, 0.25) is 15.9 Å². The maximum Gasteiger partial charge on any atom is 0.243 e. The number of carbonyl (C=O) groups is 1. The Kier molecular flexibility index (Phi) is 8.26. The van der Waals surface area contributed by atoms with Crippen LogP contribution in [0.15, 0.2) is 59.6 Å². The molecule has 0 spiro atoms. The molecule has 1 aromatic heterocycles. The van der Waals surface area contributed by atoms with E-state index in [1.165, 1.54) is 4.31 Å². The normalized spacial score (nSPS) is 14.8. The number of rotatable bonds is 9. The Labute approximate surface area is 211 Å². The lowest BCUT2D eigenvalue weighted by molar-refractivity contribution is -0.121. The SMILES string of the molecule is Cc1ccc(S(=O)(=O)N(CC(=O)NCCNc2ccnc3cc(Cl)ccc23)C2CCCCC2)cc1. The number of sulfonamides is 1. The number of pyridine rings is 1. The molecule has 1 aliphatic carbocycles. The number of nitrogens with one attached hydrogen (secondary N) is 2. The number of anilines is 1. The molecule has 1 fully saturated rings. The van der Waals surface area contributed by atoms with Crippen LogP contribution in [-0.2, 0) is 14.8 Å². The van der Waals surface area contributed by atoms with Gasteiger partial charge in [-0.25, -0.2) is 8.42 Å². The zero-order valence-electron chi connectivity index (χ0n) is 19.8. The van der Waals surface area contributed by atoms with E-state index < -0.39 is 10.0 Å². The van der Waals surface area contributed by atoms with Gasteiger partial charge in [0.25, 0.3) is 0 Å². The van der Waals surface area contributed by atoms with Gasteiger partial charge in [0.15, 0.2) is 0 Å². The number of fused-ring (bicyclic) bond motifs is 1.